The van der Waals surface area contributed by atoms with Crippen molar-refractivity contribution in [2.24, 2.45) is 0 Å². The number of non-ortho nitro benzene ring substituents is 1. The van der Waals surface area contributed by atoms with Gasteiger partial charge in [-0.2, -0.15) is 5.26 Å². The van der Waals surface area contributed by atoms with Crippen LogP contribution in [0.4, 0.5) is 5.69 Å². The second-order valence-electron chi connectivity index (χ2n) is 2.09. The molecule has 1 aromatic rings. The smallest absolute Gasteiger partial charge is 0.269 e. The van der Waals surface area contributed by atoms with E-state index in [-0.39, 0.29) is 18.0 Å². The Hall–Kier alpha value is -2.13. The number of rotatable bonds is 1. The standard InChI is InChI=1S/C6H5NO3.C2H3NO/c8-6-3-1-5(2-4-6)7(9)10;3-1-2-4/h1-4,8H;4H,2H2. The molecule has 0 saturated heterocycles. The van der Waals surface area contributed by atoms with Crippen molar-refractivity contribution in [3.05, 3.63) is 34.4 Å². The molecule has 0 aliphatic rings. The summed E-state index contributed by atoms with van der Waals surface area (Å²) in [5.74, 6) is 0.0330. The number of phenols is 1. The Bertz CT molecular complexity index is 328. The van der Waals surface area contributed by atoms with Gasteiger partial charge in [0.1, 0.15) is 12.4 Å². The van der Waals surface area contributed by atoms with Gasteiger partial charge in [0.15, 0.2) is 0 Å². The summed E-state index contributed by atoms with van der Waals surface area (Å²) in [5.41, 5.74) is -0.0159. The zero-order valence-corrected chi connectivity index (χ0v) is 7.12. The molecule has 1 rings (SSSR count). The minimum atomic E-state index is -0.514. The third kappa shape index (κ3) is 4.69. The average Bonchev–Trinajstić information content (AvgIpc) is 2.19. The number of nitriles is 1. The topological polar surface area (TPSA) is 107 Å². The van der Waals surface area contributed by atoms with Crippen LogP contribution in [0.3, 0.4) is 0 Å². The van der Waals surface area contributed by atoms with E-state index in [2.05, 4.69) is 0 Å². The van der Waals surface area contributed by atoms with Crippen LogP contribution in [0, 0.1) is 21.4 Å². The highest BCUT2D eigenvalue weighted by atomic mass is 16.6. The van der Waals surface area contributed by atoms with Crippen LogP contribution < -0.4 is 0 Å². The summed E-state index contributed by atoms with van der Waals surface area (Å²) in [6.45, 7) is -0.375. The maximum Gasteiger partial charge on any atom is 0.269 e. The van der Waals surface area contributed by atoms with Crippen LogP contribution in [0.5, 0.6) is 5.75 Å². The second kappa shape index (κ2) is 6.39. The molecule has 0 aliphatic heterocycles. The van der Waals surface area contributed by atoms with Crippen molar-refractivity contribution in [2.75, 3.05) is 6.61 Å². The van der Waals surface area contributed by atoms with Crippen LogP contribution >= 0.6 is 0 Å². The summed E-state index contributed by atoms with van der Waals surface area (Å²) in [7, 11) is 0. The third-order valence-electron chi connectivity index (χ3n) is 1.13. The van der Waals surface area contributed by atoms with Crippen molar-refractivity contribution in [3.8, 4) is 11.8 Å². The molecule has 0 aliphatic carbocycles. The highest BCUT2D eigenvalue weighted by Crippen LogP contribution is 2.14. The molecule has 6 nitrogen and oxygen atoms in total. The van der Waals surface area contributed by atoms with Crippen LogP contribution in [0.15, 0.2) is 24.3 Å². The lowest BCUT2D eigenvalue weighted by Gasteiger charge is -1.89. The number of benzene rings is 1. The molecule has 0 fully saturated rings. The molecule has 0 radical (unpaired) electrons. The number of hydrogen-bond donors (Lipinski definition) is 2. The number of aliphatic hydroxyl groups excluding tert-OH is 1. The first-order valence-electron chi connectivity index (χ1n) is 3.53. The Morgan fingerprint density at radius 2 is 1.86 bits per heavy atom. The molecule has 0 aromatic heterocycles. The first-order valence-corrected chi connectivity index (χ1v) is 3.53. The fraction of sp³-hybridized carbons (Fsp3) is 0.125. The van der Waals surface area contributed by atoms with Gasteiger partial charge in [0.05, 0.1) is 11.0 Å². The predicted octanol–water partition coefficient (Wildman–Crippen LogP) is 0.803. The van der Waals surface area contributed by atoms with E-state index >= 15 is 0 Å². The van der Waals surface area contributed by atoms with E-state index in [4.69, 9.17) is 15.5 Å². The zero-order valence-electron chi connectivity index (χ0n) is 7.12. The van der Waals surface area contributed by atoms with E-state index in [0.29, 0.717) is 0 Å². The van der Waals surface area contributed by atoms with Crippen molar-refractivity contribution >= 4 is 5.69 Å². The average molecular weight is 196 g/mol. The van der Waals surface area contributed by atoms with E-state index in [1.807, 2.05) is 0 Å². The molecule has 1 aromatic carbocycles. The molecule has 0 unspecified atom stereocenters. The fourth-order valence-electron chi connectivity index (χ4n) is 0.574. The molecule has 14 heavy (non-hydrogen) atoms. The minimum Gasteiger partial charge on any atom is -0.508 e. The number of aromatic hydroxyl groups is 1. The Morgan fingerprint density at radius 1 is 1.43 bits per heavy atom. The SMILES string of the molecule is N#CCO.O=[N+]([O-])c1ccc(O)cc1. The van der Waals surface area contributed by atoms with Gasteiger partial charge in [-0.05, 0) is 12.1 Å². The van der Waals surface area contributed by atoms with Crippen molar-refractivity contribution in [1.29, 1.82) is 5.26 Å². The van der Waals surface area contributed by atoms with Gasteiger partial charge < -0.3 is 10.2 Å². The molecular weight excluding hydrogens is 188 g/mol. The summed E-state index contributed by atoms with van der Waals surface area (Å²) in [5, 5.41) is 33.6. The van der Waals surface area contributed by atoms with E-state index < -0.39 is 4.92 Å². The van der Waals surface area contributed by atoms with Crippen LogP contribution in [-0.2, 0) is 0 Å². The lowest BCUT2D eigenvalue weighted by molar-refractivity contribution is -0.384. The van der Waals surface area contributed by atoms with Gasteiger partial charge in [-0.25, -0.2) is 0 Å². The second-order valence-corrected chi connectivity index (χ2v) is 2.09. The number of phenolic OH excluding ortho intramolecular Hbond substituents is 1. The maximum atomic E-state index is 10.0. The van der Waals surface area contributed by atoms with Crippen molar-refractivity contribution < 1.29 is 15.1 Å². The number of aliphatic hydroxyl groups is 1. The maximum absolute atomic E-state index is 10.0. The van der Waals surface area contributed by atoms with Crippen molar-refractivity contribution in [1.82, 2.24) is 0 Å². The Labute approximate surface area is 79.8 Å². The van der Waals surface area contributed by atoms with E-state index in [1.165, 1.54) is 30.3 Å². The molecule has 2 N–H and O–H groups in total. The van der Waals surface area contributed by atoms with Gasteiger partial charge in [-0.15, -0.1) is 0 Å². The van der Waals surface area contributed by atoms with Gasteiger partial charge in [0.2, 0.25) is 0 Å². The number of nitrogens with zero attached hydrogens (tertiary/aromatic N) is 2. The number of nitro benzene ring substituents is 1. The van der Waals surface area contributed by atoms with Crippen LogP contribution in [0.25, 0.3) is 0 Å². The molecule has 0 saturated carbocycles. The molecule has 6 heteroatoms. The first-order chi connectivity index (χ1) is 6.61. The monoisotopic (exact) mass is 196 g/mol. The summed E-state index contributed by atoms with van der Waals surface area (Å²) >= 11 is 0. The molecular formula is C8H8N2O4. The van der Waals surface area contributed by atoms with E-state index in [0.717, 1.165) is 0 Å². The lowest BCUT2D eigenvalue weighted by Crippen LogP contribution is -1.85. The van der Waals surface area contributed by atoms with Gasteiger partial charge in [-0.3, -0.25) is 10.1 Å². The molecule has 0 amide bonds. The third-order valence-corrected chi connectivity index (χ3v) is 1.13. The number of hydrogen-bond acceptors (Lipinski definition) is 5. The number of nitro groups is 1. The van der Waals surface area contributed by atoms with E-state index in [1.54, 1.807) is 0 Å². The normalized spacial score (nSPS) is 8.00. The van der Waals surface area contributed by atoms with Crippen molar-refractivity contribution in [3.63, 3.8) is 0 Å². The summed E-state index contributed by atoms with van der Waals surface area (Å²) in [4.78, 5) is 9.52. The predicted molar refractivity (Wildman–Crippen MR) is 47.5 cm³/mol. The summed E-state index contributed by atoms with van der Waals surface area (Å²) < 4.78 is 0. The van der Waals surface area contributed by atoms with Gasteiger partial charge in [-0.1, -0.05) is 0 Å². The minimum absolute atomic E-state index is 0.0159. The van der Waals surface area contributed by atoms with Gasteiger partial charge in [0, 0.05) is 12.1 Å². The quantitative estimate of drug-likeness (QED) is 0.392. The molecule has 0 bridgehead atoms. The summed E-state index contributed by atoms with van der Waals surface area (Å²) in [6.07, 6.45) is 0. The van der Waals surface area contributed by atoms with E-state index in [9.17, 15) is 10.1 Å². The van der Waals surface area contributed by atoms with Crippen LogP contribution in [0.2, 0.25) is 0 Å². The highest BCUT2D eigenvalue weighted by Gasteiger charge is 2.01. The van der Waals surface area contributed by atoms with Gasteiger partial charge in [0.25, 0.3) is 5.69 Å². The highest BCUT2D eigenvalue weighted by molar-refractivity contribution is 5.34. The molecule has 74 valence electrons. The van der Waals surface area contributed by atoms with Crippen molar-refractivity contribution in [2.45, 2.75) is 0 Å². The molecule has 0 heterocycles. The Balaban J connectivity index is 0.000000364. The Morgan fingerprint density at radius 3 is 2.14 bits per heavy atom. The lowest BCUT2D eigenvalue weighted by atomic mass is 10.3. The van der Waals surface area contributed by atoms with Gasteiger partial charge >= 0.3 is 0 Å². The van der Waals surface area contributed by atoms with Crippen LogP contribution in [-0.4, -0.2) is 21.7 Å². The zero-order chi connectivity index (χ0) is 11.0. The fourth-order valence-corrected chi connectivity index (χ4v) is 0.574. The molecule has 0 atom stereocenters. The largest absolute Gasteiger partial charge is 0.508 e. The first kappa shape index (κ1) is 11.9. The Kier molecular flexibility index (Phi) is 5.42. The summed E-state index contributed by atoms with van der Waals surface area (Å²) in [6, 6.07) is 6.53. The van der Waals surface area contributed by atoms with Crippen LogP contribution in [0.1, 0.15) is 0 Å². The molecule has 0 spiro atoms.